The number of anilines is 1. The molecule has 2 aromatic carbocycles. The van der Waals surface area contributed by atoms with Crippen LogP contribution in [0.5, 0.6) is 0 Å². The van der Waals surface area contributed by atoms with Gasteiger partial charge in [0.05, 0.1) is 28.9 Å². The Morgan fingerprint density at radius 3 is 2.91 bits per heavy atom. The van der Waals surface area contributed by atoms with Crippen molar-refractivity contribution in [2.75, 3.05) is 5.32 Å². The first-order chi connectivity index (χ1) is 10.8. The molecule has 0 aliphatic heterocycles. The predicted molar refractivity (Wildman–Crippen MR) is 87.7 cm³/mol. The van der Waals surface area contributed by atoms with Crippen molar-refractivity contribution in [2.45, 2.75) is 13.5 Å². The molecule has 0 unspecified atom stereocenters. The zero-order chi connectivity index (χ0) is 14.9. The minimum absolute atomic E-state index is 0.735. The Hall–Kier alpha value is -2.95. The molecule has 5 nitrogen and oxygen atoms in total. The van der Waals surface area contributed by atoms with Crippen LogP contribution in [0.1, 0.15) is 11.1 Å². The number of hydrogen-bond acceptors (Lipinski definition) is 4. The third kappa shape index (κ3) is 2.26. The number of H-pyrrole nitrogens is 1. The molecule has 2 heterocycles. The van der Waals surface area contributed by atoms with Crippen molar-refractivity contribution in [1.82, 2.24) is 20.2 Å². The molecular formula is C17H15N5. The monoisotopic (exact) mass is 289 g/mol. The highest BCUT2D eigenvalue weighted by atomic mass is 15.1. The minimum atomic E-state index is 0.735. The van der Waals surface area contributed by atoms with Crippen molar-refractivity contribution in [3.63, 3.8) is 0 Å². The standard InChI is InChI=1S/C17H15N5/c1-11-4-2-3-5-12(11)8-19-17-10-18-15-6-13-9-20-22-14(13)7-16(15)21-17/h2-7,9-10H,8H2,1H3,(H,19,21)(H,20,22). The number of aromatic nitrogens is 4. The van der Waals surface area contributed by atoms with Crippen LogP contribution in [0.2, 0.25) is 0 Å². The van der Waals surface area contributed by atoms with Gasteiger partial charge in [0.15, 0.2) is 0 Å². The van der Waals surface area contributed by atoms with Crippen LogP contribution in [0.4, 0.5) is 5.82 Å². The number of fused-ring (bicyclic) bond motifs is 2. The molecule has 0 atom stereocenters. The highest BCUT2D eigenvalue weighted by molar-refractivity contribution is 5.92. The van der Waals surface area contributed by atoms with Crippen molar-refractivity contribution in [3.8, 4) is 0 Å². The van der Waals surface area contributed by atoms with Crippen LogP contribution in [0.15, 0.2) is 48.8 Å². The summed E-state index contributed by atoms with van der Waals surface area (Å²) in [5.41, 5.74) is 5.22. The second-order valence-electron chi connectivity index (χ2n) is 5.33. The van der Waals surface area contributed by atoms with E-state index in [9.17, 15) is 0 Å². The maximum absolute atomic E-state index is 4.63. The predicted octanol–water partition coefficient (Wildman–Crippen LogP) is 3.43. The van der Waals surface area contributed by atoms with Gasteiger partial charge in [-0.2, -0.15) is 5.10 Å². The molecule has 0 bridgehead atoms. The summed E-state index contributed by atoms with van der Waals surface area (Å²) in [4.78, 5) is 9.11. The topological polar surface area (TPSA) is 66.5 Å². The number of nitrogens with one attached hydrogen (secondary N) is 2. The van der Waals surface area contributed by atoms with Crippen LogP contribution in [0, 0.1) is 6.92 Å². The Morgan fingerprint density at radius 1 is 1.09 bits per heavy atom. The van der Waals surface area contributed by atoms with Gasteiger partial charge in [0, 0.05) is 11.9 Å². The lowest BCUT2D eigenvalue weighted by Gasteiger charge is -2.08. The Balaban J connectivity index is 1.64. The van der Waals surface area contributed by atoms with Gasteiger partial charge >= 0.3 is 0 Å². The lowest BCUT2D eigenvalue weighted by atomic mass is 10.1. The third-order valence-corrected chi connectivity index (χ3v) is 3.82. The summed E-state index contributed by atoms with van der Waals surface area (Å²) in [6.07, 6.45) is 3.56. The van der Waals surface area contributed by atoms with Crippen molar-refractivity contribution in [3.05, 3.63) is 59.9 Å². The van der Waals surface area contributed by atoms with Gasteiger partial charge in [-0.1, -0.05) is 24.3 Å². The number of aryl methyl sites for hydroxylation is 1. The molecule has 22 heavy (non-hydrogen) atoms. The number of nitrogens with zero attached hydrogens (tertiary/aromatic N) is 3. The summed E-state index contributed by atoms with van der Waals surface area (Å²) in [5.74, 6) is 0.773. The van der Waals surface area contributed by atoms with Gasteiger partial charge in [-0.3, -0.25) is 10.1 Å². The fourth-order valence-electron chi connectivity index (χ4n) is 2.53. The summed E-state index contributed by atoms with van der Waals surface area (Å²) in [6.45, 7) is 2.84. The molecule has 5 heteroatoms. The molecule has 4 aromatic rings. The first-order valence-electron chi connectivity index (χ1n) is 7.18. The Kier molecular flexibility index (Phi) is 2.96. The van der Waals surface area contributed by atoms with E-state index in [-0.39, 0.29) is 0 Å². The molecule has 2 aromatic heterocycles. The number of hydrogen-bond donors (Lipinski definition) is 2. The molecule has 0 aliphatic carbocycles. The average Bonchev–Trinajstić information content (AvgIpc) is 2.99. The molecule has 108 valence electrons. The van der Waals surface area contributed by atoms with Crippen LogP contribution in [-0.2, 0) is 6.54 Å². The van der Waals surface area contributed by atoms with Crippen LogP contribution in [0.3, 0.4) is 0 Å². The van der Waals surface area contributed by atoms with Crippen molar-refractivity contribution in [1.29, 1.82) is 0 Å². The SMILES string of the molecule is Cc1ccccc1CNc1cnc2cc3cn[nH]c3cc2n1. The highest BCUT2D eigenvalue weighted by Crippen LogP contribution is 2.19. The van der Waals surface area contributed by atoms with E-state index >= 15 is 0 Å². The molecule has 2 N–H and O–H groups in total. The quantitative estimate of drug-likeness (QED) is 0.606. The van der Waals surface area contributed by atoms with Crippen LogP contribution in [0.25, 0.3) is 21.9 Å². The average molecular weight is 289 g/mol. The Morgan fingerprint density at radius 2 is 2.00 bits per heavy atom. The molecule has 0 aliphatic rings. The van der Waals surface area contributed by atoms with E-state index in [4.69, 9.17) is 0 Å². The van der Waals surface area contributed by atoms with Crippen molar-refractivity contribution >= 4 is 27.8 Å². The maximum atomic E-state index is 4.63. The van der Waals surface area contributed by atoms with E-state index < -0.39 is 0 Å². The van der Waals surface area contributed by atoms with Gasteiger partial charge in [0.1, 0.15) is 5.82 Å². The largest absolute Gasteiger partial charge is 0.365 e. The first kappa shape index (κ1) is 12.8. The second kappa shape index (κ2) is 5.11. The van der Waals surface area contributed by atoms with E-state index in [0.29, 0.717) is 0 Å². The normalized spacial score (nSPS) is 11.1. The number of aromatic amines is 1. The van der Waals surface area contributed by atoms with Gasteiger partial charge in [0.25, 0.3) is 0 Å². The summed E-state index contributed by atoms with van der Waals surface area (Å²) in [6, 6.07) is 12.3. The fourth-order valence-corrected chi connectivity index (χ4v) is 2.53. The van der Waals surface area contributed by atoms with E-state index in [2.05, 4.69) is 44.5 Å². The Bertz CT molecular complexity index is 958. The summed E-state index contributed by atoms with van der Waals surface area (Å²) in [5, 5.41) is 11.4. The van der Waals surface area contributed by atoms with E-state index in [1.54, 1.807) is 12.4 Å². The smallest absolute Gasteiger partial charge is 0.145 e. The van der Waals surface area contributed by atoms with Crippen molar-refractivity contribution < 1.29 is 0 Å². The molecule has 0 saturated heterocycles. The van der Waals surface area contributed by atoms with Gasteiger partial charge in [0.2, 0.25) is 0 Å². The van der Waals surface area contributed by atoms with Gasteiger partial charge in [-0.25, -0.2) is 4.98 Å². The molecule has 4 rings (SSSR count). The lowest BCUT2D eigenvalue weighted by Crippen LogP contribution is -2.03. The van der Waals surface area contributed by atoms with E-state index in [0.717, 1.165) is 34.3 Å². The fraction of sp³-hybridized carbons (Fsp3) is 0.118. The highest BCUT2D eigenvalue weighted by Gasteiger charge is 2.04. The van der Waals surface area contributed by atoms with Crippen LogP contribution < -0.4 is 5.32 Å². The number of rotatable bonds is 3. The van der Waals surface area contributed by atoms with Crippen LogP contribution >= 0.6 is 0 Å². The molecule has 0 saturated carbocycles. The zero-order valence-corrected chi connectivity index (χ0v) is 12.2. The second-order valence-corrected chi connectivity index (χ2v) is 5.33. The molecule has 0 spiro atoms. The number of benzene rings is 2. The summed E-state index contributed by atoms with van der Waals surface area (Å²) in [7, 11) is 0. The maximum Gasteiger partial charge on any atom is 0.145 e. The molecule has 0 fully saturated rings. The van der Waals surface area contributed by atoms with Gasteiger partial charge < -0.3 is 5.32 Å². The van der Waals surface area contributed by atoms with Gasteiger partial charge in [-0.15, -0.1) is 0 Å². The molecule has 0 amide bonds. The van der Waals surface area contributed by atoms with E-state index in [1.165, 1.54) is 11.1 Å². The zero-order valence-electron chi connectivity index (χ0n) is 12.2. The van der Waals surface area contributed by atoms with Crippen LogP contribution in [-0.4, -0.2) is 20.2 Å². The van der Waals surface area contributed by atoms with E-state index in [1.807, 2.05) is 24.3 Å². The first-order valence-corrected chi connectivity index (χ1v) is 7.18. The molecule has 0 radical (unpaired) electrons. The third-order valence-electron chi connectivity index (χ3n) is 3.82. The minimum Gasteiger partial charge on any atom is -0.365 e. The lowest BCUT2D eigenvalue weighted by molar-refractivity contribution is 1.09. The molecular weight excluding hydrogens is 274 g/mol. The Labute approximate surface area is 127 Å². The summed E-state index contributed by atoms with van der Waals surface area (Å²) >= 11 is 0. The van der Waals surface area contributed by atoms with Gasteiger partial charge in [-0.05, 0) is 30.2 Å². The summed E-state index contributed by atoms with van der Waals surface area (Å²) < 4.78 is 0. The van der Waals surface area contributed by atoms with Crippen molar-refractivity contribution in [2.24, 2.45) is 0 Å².